The number of carbonyl (C=O) groups excluding carboxylic acids is 1. The first-order valence-electron chi connectivity index (χ1n) is 5.38. The largest absolute Gasteiger partial charge is 0.401 e. The number of carbonyl (C=O) groups is 1. The molecule has 0 unspecified atom stereocenters. The number of ketones is 1. The number of hydrogen-bond acceptors (Lipinski definition) is 4. The van der Waals surface area contributed by atoms with Gasteiger partial charge in [-0.3, -0.25) is 19.8 Å². The molecule has 1 heterocycles. The number of H-pyrrole nitrogens is 1. The number of rotatable bonds is 6. The van der Waals surface area contributed by atoms with Crippen molar-refractivity contribution in [1.82, 2.24) is 9.88 Å². The van der Waals surface area contributed by atoms with Crippen molar-refractivity contribution in [3.63, 3.8) is 0 Å². The molecule has 106 valence electrons. The van der Waals surface area contributed by atoms with E-state index in [-0.39, 0.29) is 17.9 Å². The van der Waals surface area contributed by atoms with Gasteiger partial charge in [-0.05, 0) is 6.54 Å². The summed E-state index contributed by atoms with van der Waals surface area (Å²) >= 11 is 0. The molecule has 0 saturated carbocycles. The van der Waals surface area contributed by atoms with Crippen molar-refractivity contribution < 1.29 is 22.9 Å². The molecule has 1 N–H and O–H groups in total. The molecule has 1 rings (SSSR count). The summed E-state index contributed by atoms with van der Waals surface area (Å²) in [6.45, 7) is -0.101. The molecule has 19 heavy (non-hydrogen) atoms. The highest BCUT2D eigenvalue weighted by Gasteiger charge is 2.31. The van der Waals surface area contributed by atoms with Gasteiger partial charge in [0.1, 0.15) is 0 Å². The highest BCUT2D eigenvalue weighted by molar-refractivity contribution is 5.96. The number of Topliss-reactive ketones (excluding diaryl/α,β-unsaturated/α-hetero) is 1. The number of aromatic nitrogens is 1. The van der Waals surface area contributed by atoms with Gasteiger partial charge < -0.3 is 4.98 Å². The van der Waals surface area contributed by atoms with Gasteiger partial charge in [0, 0.05) is 6.07 Å². The van der Waals surface area contributed by atoms with Crippen LogP contribution in [0.4, 0.5) is 18.9 Å². The fourth-order valence-electron chi connectivity index (χ4n) is 1.47. The molecule has 0 fully saturated rings. The zero-order valence-corrected chi connectivity index (χ0v) is 10.0. The smallest absolute Gasteiger partial charge is 0.353 e. The van der Waals surface area contributed by atoms with Gasteiger partial charge in [-0.1, -0.05) is 6.92 Å². The Balaban J connectivity index is 2.69. The third-order valence-corrected chi connectivity index (χ3v) is 2.40. The molecule has 0 radical (unpaired) electrons. The van der Waals surface area contributed by atoms with Crippen LogP contribution in [0.25, 0.3) is 0 Å². The van der Waals surface area contributed by atoms with Gasteiger partial charge in [-0.15, -0.1) is 0 Å². The summed E-state index contributed by atoms with van der Waals surface area (Å²) in [7, 11) is 0. The fraction of sp³-hybridized carbons (Fsp3) is 0.500. The third kappa shape index (κ3) is 4.70. The molecule has 1 aromatic rings. The Kier molecular flexibility index (Phi) is 4.65. The van der Waals surface area contributed by atoms with Crippen molar-refractivity contribution in [1.29, 1.82) is 0 Å². The van der Waals surface area contributed by atoms with Gasteiger partial charge in [0.25, 0.3) is 5.69 Å². The molecule has 6 nitrogen and oxygen atoms in total. The third-order valence-electron chi connectivity index (χ3n) is 2.40. The molecule has 0 aliphatic carbocycles. The molecule has 0 bridgehead atoms. The van der Waals surface area contributed by atoms with Gasteiger partial charge in [-0.25, -0.2) is 0 Å². The van der Waals surface area contributed by atoms with Crippen molar-refractivity contribution in [3.05, 3.63) is 28.1 Å². The summed E-state index contributed by atoms with van der Waals surface area (Å²) in [5.74, 6) is -0.626. The Hall–Kier alpha value is -1.90. The zero-order valence-electron chi connectivity index (χ0n) is 10.0. The van der Waals surface area contributed by atoms with Crippen LogP contribution in [0, 0.1) is 10.1 Å². The molecule has 0 saturated heterocycles. The number of aromatic amines is 1. The van der Waals surface area contributed by atoms with Gasteiger partial charge in [0.05, 0.1) is 29.9 Å². The number of halogens is 3. The molecule has 9 heteroatoms. The Bertz CT molecular complexity index is 470. The van der Waals surface area contributed by atoms with Crippen molar-refractivity contribution >= 4 is 11.5 Å². The monoisotopic (exact) mass is 279 g/mol. The SMILES string of the molecule is CCN(CC(=O)c1cc([N+](=O)[O-])c[nH]1)CC(F)(F)F. The molecular formula is C10H12F3N3O3. The predicted octanol–water partition coefficient (Wildman–Crippen LogP) is 1.99. The van der Waals surface area contributed by atoms with Crippen LogP contribution < -0.4 is 0 Å². The molecule has 0 aliphatic rings. The average Bonchev–Trinajstić information content (AvgIpc) is 2.75. The maximum absolute atomic E-state index is 12.2. The fourth-order valence-corrected chi connectivity index (χ4v) is 1.47. The molecule has 0 aromatic carbocycles. The Labute approximate surface area is 106 Å². The van der Waals surface area contributed by atoms with Gasteiger partial charge >= 0.3 is 6.18 Å². The second kappa shape index (κ2) is 5.83. The van der Waals surface area contributed by atoms with Crippen LogP contribution in [0.2, 0.25) is 0 Å². The first kappa shape index (κ1) is 15.2. The maximum Gasteiger partial charge on any atom is 0.401 e. The number of likely N-dealkylation sites (N-methyl/N-ethyl adjacent to an activating group) is 1. The zero-order chi connectivity index (χ0) is 14.6. The summed E-state index contributed by atoms with van der Waals surface area (Å²) in [5.41, 5.74) is -0.380. The van der Waals surface area contributed by atoms with E-state index < -0.39 is 30.0 Å². The number of alkyl halides is 3. The maximum atomic E-state index is 12.2. The standard InChI is InChI=1S/C10H12F3N3O3/c1-2-15(6-10(11,12)13)5-9(17)8-3-7(4-14-8)16(18)19/h3-4,14H,2,5-6H2,1H3. The normalized spacial score (nSPS) is 11.8. The second-order valence-electron chi connectivity index (χ2n) is 3.87. The number of nitrogens with zero attached hydrogens (tertiary/aromatic N) is 2. The minimum Gasteiger partial charge on any atom is -0.353 e. The van der Waals surface area contributed by atoms with Crippen molar-refractivity contribution in [3.8, 4) is 0 Å². The molecule has 0 amide bonds. The number of nitrogens with one attached hydrogen (secondary N) is 1. The Morgan fingerprint density at radius 1 is 1.53 bits per heavy atom. The molecule has 0 aliphatic heterocycles. The van der Waals surface area contributed by atoms with Crippen molar-refractivity contribution in [2.45, 2.75) is 13.1 Å². The van der Waals surface area contributed by atoms with E-state index in [0.717, 1.165) is 17.2 Å². The van der Waals surface area contributed by atoms with Crippen molar-refractivity contribution in [2.24, 2.45) is 0 Å². The topological polar surface area (TPSA) is 79.2 Å². The first-order chi connectivity index (χ1) is 8.73. The van der Waals surface area contributed by atoms with E-state index in [4.69, 9.17) is 0 Å². The highest BCUT2D eigenvalue weighted by atomic mass is 19.4. The van der Waals surface area contributed by atoms with Crippen molar-refractivity contribution in [2.75, 3.05) is 19.6 Å². The lowest BCUT2D eigenvalue weighted by Gasteiger charge is -2.20. The summed E-state index contributed by atoms with van der Waals surface area (Å²) < 4.78 is 36.6. The van der Waals surface area contributed by atoms with E-state index in [2.05, 4.69) is 4.98 Å². The summed E-state index contributed by atoms with van der Waals surface area (Å²) in [5, 5.41) is 10.4. The first-order valence-corrected chi connectivity index (χ1v) is 5.38. The molecule has 0 spiro atoms. The highest BCUT2D eigenvalue weighted by Crippen LogP contribution is 2.17. The average molecular weight is 279 g/mol. The lowest BCUT2D eigenvalue weighted by atomic mass is 10.2. The molecule has 1 aromatic heterocycles. The van der Waals surface area contributed by atoms with Crippen LogP contribution in [-0.2, 0) is 0 Å². The van der Waals surface area contributed by atoms with E-state index in [0.29, 0.717) is 0 Å². The van der Waals surface area contributed by atoms with Crippen LogP contribution in [-0.4, -0.2) is 46.4 Å². The van der Waals surface area contributed by atoms with Crippen LogP contribution in [0.5, 0.6) is 0 Å². The molecular weight excluding hydrogens is 267 g/mol. The minimum atomic E-state index is -4.39. The van der Waals surface area contributed by atoms with Gasteiger partial charge in [0.2, 0.25) is 0 Å². The summed E-state index contributed by atoms with van der Waals surface area (Å²) in [4.78, 5) is 24.7. The summed E-state index contributed by atoms with van der Waals surface area (Å²) in [6, 6.07) is 1.00. The summed E-state index contributed by atoms with van der Waals surface area (Å²) in [6.07, 6.45) is -3.37. The predicted molar refractivity (Wildman–Crippen MR) is 59.9 cm³/mol. The van der Waals surface area contributed by atoms with Gasteiger partial charge in [0.15, 0.2) is 5.78 Å². The van der Waals surface area contributed by atoms with Crippen LogP contribution in [0.3, 0.4) is 0 Å². The number of nitro groups is 1. The van der Waals surface area contributed by atoms with Gasteiger partial charge in [-0.2, -0.15) is 13.2 Å². The van der Waals surface area contributed by atoms with E-state index >= 15 is 0 Å². The van der Waals surface area contributed by atoms with E-state index in [1.54, 1.807) is 0 Å². The van der Waals surface area contributed by atoms with Crippen LogP contribution >= 0.6 is 0 Å². The lowest BCUT2D eigenvalue weighted by Crippen LogP contribution is -2.37. The second-order valence-corrected chi connectivity index (χ2v) is 3.87. The minimum absolute atomic E-state index is 0.0497. The number of hydrogen-bond donors (Lipinski definition) is 1. The Morgan fingerprint density at radius 2 is 2.16 bits per heavy atom. The Morgan fingerprint density at radius 3 is 2.58 bits per heavy atom. The van der Waals surface area contributed by atoms with E-state index in [1.165, 1.54) is 6.92 Å². The quantitative estimate of drug-likeness (QED) is 0.490. The van der Waals surface area contributed by atoms with E-state index in [9.17, 15) is 28.1 Å². The van der Waals surface area contributed by atoms with Crippen LogP contribution in [0.15, 0.2) is 12.3 Å². The molecule has 0 atom stereocenters. The van der Waals surface area contributed by atoms with Crippen LogP contribution in [0.1, 0.15) is 17.4 Å². The lowest BCUT2D eigenvalue weighted by molar-refractivity contribution is -0.384. The van der Waals surface area contributed by atoms with E-state index in [1.807, 2.05) is 0 Å².